The normalized spacial score (nSPS) is 15.8. The third-order valence-corrected chi connectivity index (χ3v) is 6.28. The molecule has 0 aliphatic heterocycles. The zero-order chi connectivity index (χ0) is 18.7. The Bertz CT molecular complexity index is 873. The molecule has 7 heteroatoms. The van der Waals surface area contributed by atoms with Crippen LogP contribution in [0.3, 0.4) is 0 Å². The first kappa shape index (κ1) is 19.0. The highest BCUT2D eigenvalue weighted by Crippen LogP contribution is 2.40. The smallest absolute Gasteiger partial charge is 0.262 e. The van der Waals surface area contributed by atoms with Gasteiger partial charge in [-0.05, 0) is 42.9 Å². The van der Waals surface area contributed by atoms with Gasteiger partial charge in [0.05, 0.1) is 10.6 Å². The van der Waals surface area contributed by atoms with Gasteiger partial charge >= 0.3 is 0 Å². The first-order chi connectivity index (χ1) is 12.5. The molecule has 1 aliphatic carbocycles. The van der Waals surface area contributed by atoms with Crippen molar-refractivity contribution < 1.29 is 9.53 Å². The molecule has 3 rings (SSSR count). The van der Waals surface area contributed by atoms with Crippen molar-refractivity contribution in [2.24, 2.45) is 5.92 Å². The number of hydrogen-bond acceptors (Lipinski definition) is 4. The second-order valence-electron chi connectivity index (χ2n) is 6.25. The number of benzene rings is 1. The molecule has 0 unspecified atom stereocenters. The van der Waals surface area contributed by atoms with E-state index in [1.165, 1.54) is 16.2 Å². The van der Waals surface area contributed by atoms with Crippen LogP contribution >= 0.6 is 34.5 Å². The quantitative estimate of drug-likeness (QED) is 0.714. The highest BCUT2D eigenvalue weighted by molar-refractivity contribution is 7.16. The lowest BCUT2D eigenvalue weighted by Gasteiger charge is -2.20. The van der Waals surface area contributed by atoms with Crippen LogP contribution in [-0.4, -0.2) is 12.5 Å². The number of carbonyl (C=O) groups excluding carboxylic acids is 1. The summed E-state index contributed by atoms with van der Waals surface area (Å²) in [6.07, 6.45) is 4.11. The van der Waals surface area contributed by atoms with E-state index in [-0.39, 0.29) is 12.5 Å². The van der Waals surface area contributed by atoms with Crippen LogP contribution in [0.4, 0.5) is 5.00 Å². The average molecular weight is 409 g/mol. The second-order valence-corrected chi connectivity index (χ2v) is 8.20. The maximum Gasteiger partial charge on any atom is 0.262 e. The zero-order valence-electron chi connectivity index (χ0n) is 14.3. The molecule has 1 heterocycles. The third-order valence-electron chi connectivity index (χ3n) is 4.56. The standard InChI is InChI=1S/C19H18Cl2N2O2S/c1-2-11-3-5-13-14(9-22)19(26-17(13)7-11)23-18(24)10-25-16-8-12(20)4-6-15(16)21/h4,6,8,11H,2-3,5,7,10H2,1H3,(H,23,24)/t11-/m0/s1. The molecule has 1 N–H and O–H groups in total. The number of thiophene rings is 1. The highest BCUT2D eigenvalue weighted by Gasteiger charge is 2.25. The summed E-state index contributed by atoms with van der Waals surface area (Å²) in [7, 11) is 0. The van der Waals surface area contributed by atoms with Crippen molar-refractivity contribution in [3.05, 3.63) is 44.2 Å². The van der Waals surface area contributed by atoms with Gasteiger partial charge in [0.25, 0.3) is 5.91 Å². The number of halogens is 2. The fourth-order valence-electron chi connectivity index (χ4n) is 3.10. The summed E-state index contributed by atoms with van der Waals surface area (Å²) in [6.45, 7) is 1.99. The molecule has 2 aromatic rings. The van der Waals surface area contributed by atoms with Crippen LogP contribution in [-0.2, 0) is 17.6 Å². The van der Waals surface area contributed by atoms with Crippen molar-refractivity contribution in [2.75, 3.05) is 11.9 Å². The number of ether oxygens (including phenoxy) is 1. The number of hydrogen-bond donors (Lipinski definition) is 1. The van der Waals surface area contributed by atoms with E-state index in [4.69, 9.17) is 27.9 Å². The van der Waals surface area contributed by atoms with Gasteiger partial charge in [-0.15, -0.1) is 11.3 Å². The summed E-state index contributed by atoms with van der Waals surface area (Å²) in [4.78, 5) is 13.5. The van der Waals surface area contributed by atoms with Gasteiger partial charge in [-0.1, -0.05) is 36.5 Å². The molecule has 1 atom stereocenters. The molecule has 136 valence electrons. The Morgan fingerprint density at radius 1 is 1.46 bits per heavy atom. The maximum atomic E-state index is 12.3. The fourth-order valence-corrected chi connectivity index (χ4v) is 4.77. The molecule has 1 aromatic carbocycles. The van der Waals surface area contributed by atoms with E-state index >= 15 is 0 Å². The Morgan fingerprint density at radius 3 is 3.00 bits per heavy atom. The van der Waals surface area contributed by atoms with Crippen molar-refractivity contribution in [2.45, 2.75) is 32.6 Å². The van der Waals surface area contributed by atoms with Gasteiger partial charge in [0.15, 0.2) is 6.61 Å². The lowest BCUT2D eigenvalue weighted by Crippen LogP contribution is -2.20. The monoisotopic (exact) mass is 408 g/mol. The molecular formula is C19H18Cl2N2O2S. The SMILES string of the molecule is CC[C@H]1CCc2c(sc(NC(=O)COc3cc(Cl)ccc3Cl)c2C#N)C1. The molecule has 4 nitrogen and oxygen atoms in total. The number of anilines is 1. The van der Waals surface area contributed by atoms with Crippen LogP contribution < -0.4 is 10.1 Å². The number of fused-ring (bicyclic) bond motifs is 1. The average Bonchev–Trinajstić information content (AvgIpc) is 2.98. The van der Waals surface area contributed by atoms with E-state index in [9.17, 15) is 10.1 Å². The van der Waals surface area contributed by atoms with Crippen LogP contribution in [0, 0.1) is 17.2 Å². The first-order valence-corrected chi connectivity index (χ1v) is 10.0. The van der Waals surface area contributed by atoms with Gasteiger partial charge in [0.1, 0.15) is 16.8 Å². The highest BCUT2D eigenvalue weighted by atomic mass is 35.5. The lowest BCUT2D eigenvalue weighted by molar-refractivity contribution is -0.118. The van der Waals surface area contributed by atoms with Crippen molar-refractivity contribution in [1.29, 1.82) is 5.26 Å². The van der Waals surface area contributed by atoms with Crippen molar-refractivity contribution in [3.63, 3.8) is 0 Å². The van der Waals surface area contributed by atoms with E-state index in [0.29, 0.717) is 32.3 Å². The molecule has 26 heavy (non-hydrogen) atoms. The molecule has 0 saturated heterocycles. The molecule has 0 saturated carbocycles. The van der Waals surface area contributed by atoms with E-state index in [2.05, 4.69) is 18.3 Å². The second kappa shape index (κ2) is 8.30. The number of nitriles is 1. The van der Waals surface area contributed by atoms with Crippen LogP contribution in [0.15, 0.2) is 18.2 Å². The van der Waals surface area contributed by atoms with Gasteiger partial charge in [0.2, 0.25) is 0 Å². The topological polar surface area (TPSA) is 62.1 Å². The molecular weight excluding hydrogens is 391 g/mol. The molecule has 1 amide bonds. The first-order valence-electron chi connectivity index (χ1n) is 8.44. The van der Waals surface area contributed by atoms with E-state index < -0.39 is 0 Å². The van der Waals surface area contributed by atoms with Crippen molar-refractivity contribution >= 4 is 45.4 Å². The predicted octanol–water partition coefficient (Wildman–Crippen LogP) is 5.46. The summed E-state index contributed by atoms with van der Waals surface area (Å²) >= 11 is 13.4. The molecule has 0 radical (unpaired) electrons. The van der Waals surface area contributed by atoms with Gasteiger partial charge in [-0.25, -0.2) is 0 Å². The summed E-state index contributed by atoms with van der Waals surface area (Å²) in [6, 6.07) is 7.07. The Morgan fingerprint density at radius 2 is 2.27 bits per heavy atom. The largest absolute Gasteiger partial charge is 0.482 e. The van der Waals surface area contributed by atoms with Gasteiger partial charge < -0.3 is 10.1 Å². The minimum Gasteiger partial charge on any atom is -0.482 e. The van der Waals surface area contributed by atoms with Gasteiger partial charge in [0, 0.05) is 16.0 Å². The number of nitrogens with one attached hydrogen (secondary N) is 1. The van der Waals surface area contributed by atoms with E-state index in [1.54, 1.807) is 18.2 Å². The van der Waals surface area contributed by atoms with Gasteiger partial charge in [-0.2, -0.15) is 5.26 Å². The molecule has 0 bridgehead atoms. The van der Waals surface area contributed by atoms with Crippen LogP contribution in [0.1, 0.15) is 35.8 Å². The van der Waals surface area contributed by atoms with Crippen molar-refractivity contribution in [3.8, 4) is 11.8 Å². The lowest BCUT2D eigenvalue weighted by atomic mass is 9.86. The summed E-state index contributed by atoms with van der Waals surface area (Å²) in [5.41, 5.74) is 1.69. The molecule has 0 spiro atoms. The number of rotatable bonds is 5. The fraction of sp³-hybridized carbons (Fsp3) is 0.368. The van der Waals surface area contributed by atoms with Crippen molar-refractivity contribution in [1.82, 2.24) is 0 Å². The molecule has 1 aliphatic rings. The summed E-state index contributed by atoms with van der Waals surface area (Å²) in [5, 5.41) is 13.8. The van der Waals surface area contributed by atoms with Crippen LogP contribution in [0.5, 0.6) is 5.75 Å². The minimum atomic E-state index is -0.330. The molecule has 0 fully saturated rings. The van der Waals surface area contributed by atoms with E-state index in [1.807, 2.05) is 0 Å². The van der Waals surface area contributed by atoms with E-state index in [0.717, 1.165) is 31.2 Å². The summed E-state index contributed by atoms with van der Waals surface area (Å²) in [5.74, 6) is 0.679. The summed E-state index contributed by atoms with van der Waals surface area (Å²) < 4.78 is 5.45. The molecule has 1 aromatic heterocycles. The number of carbonyl (C=O) groups is 1. The number of nitrogens with zero attached hydrogens (tertiary/aromatic N) is 1. The predicted molar refractivity (Wildman–Crippen MR) is 105 cm³/mol. The maximum absolute atomic E-state index is 12.3. The minimum absolute atomic E-state index is 0.203. The van der Waals surface area contributed by atoms with Gasteiger partial charge in [-0.3, -0.25) is 4.79 Å². The zero-order valence-corrected chi connectivity index (χ0v) is 16.6. The Kier molecular flexibility index (Phi) is 6.08. The number of amides is 1. The Hall–Kier alpha value is -1.74. The van der Waals surface area contributed by atoms with Crippen LogP contribution in [0.25, 0.3) is 0 Å². The third kappa shape index (κ3) is 4.15. The Labute approximate surface area is 166 Å². The van der Waals surface area contributed by atoms with Crippen LogP contribution in [0.2, 0.25) is 10.0 Å². The Balaban J connectivity index is 1.69.